The maximum Gasteiger partial charge on any atom is 0.0166 e. The topological polar surface area (TPSA) is 0 Å². The normalized spacial score (nSPS) is 16.5. The minimum absolute atomic E-state index is 0.627. The molecule has 0 aromatic rings. The Kier molecular flexibility index (Phi) is 6.40. The van der Waals surface area contributed by atoms with Gasteiger partial charge in [0.25, 0.3) is 0 Å². The van der Waals surface area contributed by atoms with Gasteiger partial charge in [-0.05, 0) is 30.8 Å². The first-order valence-electron chi connectivity index (χ1n) is 5.06. The molecule has 0 aromatic carbocycles. The molecule has 0 aliphatic heterocycles. The molecule has 0 heterocycles. The summed E-state index contributed by atoms with van der Waals surface area (Å²) in [6.07, 6.45) is 5.53. The maximum absolute atomic E-state index is 3.63. The second-order valence-corrected chi connectivity index (χ2v) is 4.59. The highest BCUT2D eigenvalue weighted by Crippen LogP contribution is 2.29. The highest BCUT2D eigenvalue weighted by atomic mass is 79.9. The van der Waals surface area contributed by atoms with Crippen LogP contribution in [0.2, 0.25) is 0 Å². The average molecular weight is 245 g/mol. The molecule has 0 radical (unpaired) electrons. The summed E-state index contributed by atoms with van der Waals surface area (Å²) in [5.41, 5.74) is 1.43. The van der Waals surface area contributed by atoms with E-state index >= 15 is 0 Å². The molecule has 0 amide bonds. The molecule has 0 nitrogen and oxygen atoms in total. The Hall–Kier alpha value is -0.0400. The van der Waals surface area contributed by atoms with Gasteiger partial charge in [0.1, 0.15) is 0 Å². The zero-order valence-electron chi connectivity index (χ0n) is 9.39. The Bertz CT molecular complexity index is 199. The summed E-state index contributed by atoms with van der Waals surface area (Å²) < 4.78 is 1.26. The molecule has 0 fully saturated rings. The van der Waals surface area contributed by atoms with Gasteiger partial charge in [0, 0.05) is 4.48 Å². The van der Waals surface area contributed by atoms with Crippen LogP contribution in [0.5, 0.6) is 0 Å². The van der Waals surface area contributed by atoms with E-state index in [-0.39, 0.29) is 0 Å². The Morgan fingerprint density at radius 1 is 1.31 bits per heavy atom. The van der Waals surface area contributed by atoms with E-state index in [4.69, 9.17) is 0 Å². The van der Waals surface area contributed by atoms with Crippen molar-refractivity contribution in [2.24, 2.45) is 11.8 Å². The van der Waals surface area contributed by atoms with E-state index < -0.39 is 0 Å². The predicted molar refractivity (Wildman–Crippen MR) is 65.1 cm³/mol. The van der Waals surface area contributed by atoms with Crippen LogP contribution in [0.3, 0.4) is 0 Å². The molecule has 1 heteroatoms. The lowest BCUT2D eigenvalue weighted by molar-refractivity contribution is 0.486. The van der Waals surface area contributed by atoms with Crippen molar-refractivity contribution in [3.05, 3.63) is 22.2 Å². The van der Waals surface area contributed by atoms with E-state index in [9.17, 15) is 0 Å². The number of hydrogen-bond acceptors (Lipinski definition) is 0. The quantitative estimate of drug-likeness (QED) is 0.617. The van der Waals surface area contributed by atoms with Crippen LogP contribution >= 0.6 is 15.9 Å². The summed E-state index contributed by atoms with van der Waals surface area (Å²) in [4.78, 5) is 0. The minimum atomic E-state index is 0.627. The van der Waals surface area contributed by atoms with Gasteiger partial charge in [0.2, 0.25) is 0 Å². The first-order valence-corrected chi connectivity index (χ1v) is 5.86. The smallest absolute Gasteiger partial charge is 0.0166 e. The van der Waals surface area contributed by atoms with Crippen LogP contribution in [0.4, 0.5) is 0 Å². The molecule has 0 saturated heterocycles. The summed E-state index contributed by atoms with van der Waals surface area (Å²) >= 11 is 3.63. The monoisotopic (exact) mass is 244 g/mol. The molecule has 13 heavy (non-hydrogen) atoms. The van der Waals surface area contributed by atoms with Gasteiger partial charge in [-0.2, -0.15) is 0 Å². The second kappa shape index (κ2) is 6.42. The van der Waals surface area contributed by atoms with Crippen LogP contribution < -0.4 is 0 Å². The molecule has 0 aliphatic rings. The largest absolute Gasteiger partial charge is 0.0830 e. The summed E-state index contributed by atoms with van der Waals surface area (Å²) in [5, 5.41) is 0. The van der Waals surface area contributed by atoms with E-state index in [1.807, 2.05) is 0 Å². The van der Waals surface area contributed by atoms with Crippen LogP contribution in [0.25, 0.3) is 0 Å². The van der Waals surface area contributed by atoms with Crippen LogP contribution in [0.15, 0.2) is 22.2 Å². The van der Waals surface area contributed by atoms with Crippen LogP contribution in [0.1, 0.15) is 41.0 Å². The first-order chi connectivity index (χ1) is 6.04. The molecule has 76 valence electrons. The third kappa shape index (κ3) is 4.12. The third-order valence-corrected chi connectivity index (χ3v) is 3.24. The Labute approximate surface area is 91.2 Å². The van der Waals surface area contributed by atoms with Crippen molar-refractivity contribution in [2.75, 3.05) is 0 Å². The van der Waals surface area contributed by atoms with Crippen LogP contribution in [-0.2, 0) is 0 Å². The van der Waals surface area contributed by atoms with Gasteiger partial charge in [-0.3, -0.25) is 0 Å². The summed E-state index contributed by atoms with van der Waals surface area (Å²) in [5.74, 6) is 1.33. The molecule has 0 aliphatic carbocycles. The van der Waals surface area contributed by atoms with Gasteiger partial charge in [-0.15, -0.1) is 0 Å². The third-order valence-electron chi connectivity index (χ3n) is 2.46. The average Bonchev–Trinajstić information content (AvgIpc) is 2.05. The van der Waals surface area contributed by atoms with E-state index in [1.54, 1.807) is 0 Å². The van der Waals surface area contributed by atoms with Crippen molar-refractivity contribution < 1.29 is 0 Å². The van der Waals surface area contributed by atoms with Gasteiger partial charge in [-0.25, -0.2) is 0 Å². The van der Waals surface area contributed by atoms with Crippen molar-refractivity contribution in [1.29, 1.82) is 0 Å². The minimum Gasteiger partial charge on any atom is -0.0830 e. The summed E-state index contributed by atoms with van der Waals surface area (Å²) in [6.45, 7) is 11.1. The molecule has 0 rings (SSSR count). The van der Waals surface area contributed by atoms with Crippen LogP contribution in [0, 0.1) is 11.8 Å². The Balaban J connectivity index is 4.63. The van der Waals surface area contributed by atoms with Gasteiger partial charge in [0.15, 0.2) is 0 Å². The zero-order valence-corrected chi connectivity index (χ0v) is 11.0. The molecular weight excluding hydrogens is 224 g/mol. The molecule has 0 N–H and O–H groups in total. The Morgan fingerprint density at radius 3 is 2.15 bits per heavy atom. The lowest BCUT2D eigenvalue weighted by Crippen LogP contribution is -2.07. The lowest BCUT2D eigenvalue weighted by atomic mass is 9.89. The number of hydrogen-bond donors (Lipinski definition) is 0. The summed E-state index contributed by atoms with van der Waals surface area (Å²) in [6, 6.07) is 0. The van der Waals surface area contributed by atoms with E-state index in [0.29, 0.717) is 11.8 Å². The fourth-order valence-electron chi connectivity index (χ4n) is 1.27. The van der Waals surface area contributed by atoms with Crippen LogP contribution in [-0.4, -0.2) is 0 Å². The summed E-state index contributed by atoms with van der Waals surface area (Å²) in [7, 11) is 0. The van der Waals surface area contributed by atoms with E-state index in [0.717, 1.165) is 6.42 Å². The molecule has 0 saturated carbocycles. The Morgan fingerprint density at radius 2 is 1.85 bits per heavy atom. The highest BCUT2D eigenvalue weighted by molar-refractivity contribution is 9.12. The molecule has 0 bridgehead atoms. The fourth-order valence-corrected chi connectivity index (χ4v) is 2.19. The first kappa shape index (κ1) is 13.0. The zero-order chi connectivity index (χ0) is 10.4. The second-order valence-electron chi connectivity index (χ2n) is 3.74. The number of halogens is 1. The molecule has 0 spiro atoms. The van der Waals surface area contributed by atoms with Crippen molar-refractivity contribution in [3.8, 4) is 0 Å². The van der Waals surface area contributed by atoms with Crippen molar-refractivity contribution in [3.63, 3.8) is 0 Å². The van der Waals surface area contributed by atoms with E-state index in [1.165, 1.54) is 10.1 Å². The van der Waals surface area contributed by atoms with Crippen molar-refractivity contribution in [1.82, 2.24) is 0 Å². The van der Waals surface area contributed by atoms with Crippen molar-refractivity contribution >= 4 is 15.9 Å². The molecule has 1 unspecified atom stereocenters. The van der Waals surface area contributed by atoms with Gasteiger partial charge in [0.05, 0.1) is 0 Å². The molecule has 0 aromatic heterocycles. The predicted octanol–water partition coefficient (Wildman–Crippen LogP) is 4.91. The standard InChI is InChI=1S/C12H21Br/c1-6-8-12(13)11(7-2)10(5)9(3)4/h7-10H,6H2,1-5H3/b11-7-,12-8+. The molecule has 1 atom stereocenters. The number of allylic oxidation sites excluding steroid dienone is 4. The van der Waals surface area contributed by atoms with Gasteiger partial charge in [-0.1, -0.05) is 55.8 Å². The van der Waals surface area contributed by atoms with E-state index in [2.05, 4.69) is 62.7 Å². The molecular formula is C12H21Br. The SMILES string of the molecule is C/C=C(\C(Br)=C/CC)C(C)C(C)C. The van der Waals surface area contributed by atoms with Crippen molar-refractivity contribution in [2.45, 2.75) is 41.0 Å². The van der Waals surface area contributed by atoms with Gasteiger partial charge < -0.3 is 0 Å². The maximum atomic E-state index is 3.63. The fraction of sp³-hybridized carbons (Fsp3) is 0.667. The van der Waals surface area contributed by atoms with Gasteiger partial charge >= 0.3 is 0 Å². The highest BCUT2D eigenvalue weighted by Gasteiger charge is 2.13. The number of rotatable bonds is 4. The lowest BCUT2D eigenvalue weighted by Gasteiger charge is -2.19.